The van der Waals surface area contributed by atoms with Gasteiger partial charge in [0.15, 0.2) is 0 Å². The molecule has 0 atom stereocenters. The van der Waals surface area contributed by atoms with E-state index in [1.165, 1.54) is 0 Å². The van der Waals surface area contributed by atoms with Crippen LogP contribution in [0.3, 0.4) is 0 Å². The zero-order valence-electron chi connectivity index (χ0n) is 4.70. The summed E-state index contributed by atoms with van der Waals surface area (Å²) in [6.07, 6.45) is 1.44. The normalized spacial score (nSPS) is 12.8. The number of carbonyl (C=O) groups excluding carboxylic acids is 1. The van der Waals surface area contributed by atoms with E-state index in [1.54, 1.807) is 0 Å². The molecule has 0 saturated heterocycles. The van der Waals surface area contributed by atoms with Crippen molar-refractivity contribution >= 4 is 12.5 Å². The van der Waals surface area contributed by atoms with Crippen LogP contribution in [-0.4, -0.2) is 44.5 Å². The molecule has 56 valence electrons. The second-order valence-electron chi connectivity index (χ2n) is 1.57. The summed E-state index contributed by atoms with van der Waals surface area (Å²) in [5, 5.41) is 39.4. The first kappa shape index (κ1) is 9.18. The maximum Gasteiger partial charge on any atom is 0.294 e. The van der Waals surface area contributed by atoms with Crippen LogP contribution in [-0.2, 0) is 4.79 Å². The Morgan fingerprint density at radius 2 is 1.50 bits per heavy atom. The highest BCUT2D eigenvalue weighted by Crippen LogP contribution is 2.10. The summed E-state index contributed by atoms with van der Waals surface area (Å²) in [5.41, 5.74) is 0. The van der Waals surface area contributed by atoms with Gasteiger partial charge in [0.25, 0.3) is 17.9 Å². The quantitative estimate of drug-likeness (QED) is 0.215. The zero-order valence-corrected chi connectivity index (χ0v) is 4.70. The van der Waals surface area contributed by atoms with Gasteiger partial charge >= 0.3 is 0 Å². The van der Waals surface area contributed by atoms with Crippen LogP contribution in [0, 0.1) is 5.41 Å². The SMILES string of the molecule is N=[C]C(O)(O)C(O)(O)[C]=O. The number of nitrogens with one attached hydrogen (secondary N) is 1. The highest BCUT2D eigenvalue weighted by molar-refractivity contribution is 5.75. The molecule has 10 heavy (non-hydrogen) atoms. The van der Waals surface area contributed by atoms with Gasteiger partial charge < -0.3 is 20.4 Å². The van der Waals surface area contributed by atoms with E-state index >= 15 is 0 Å². The standard InChI is InChI=1S/C4H5NO5/c5-1-3(7,8)4(9,10)2-6/h5,7-10H. The van der Waals surface area contributed by atoms with Gasteiger partial charge in [-0.15, -0.1) is 0 Å². The maximum atomic E-state index is 9.56. The van der Waals surface area contributed by atoms with Crippen molar-refractivity contribution < 1.29 is 25.2 Å². The lowest BCUT2D eigenvalue weighted by Crippen LogP contribution is -2.56. The Morgan fingerprint density at radius 3 is 1.60 bits per heavy atom. The van der Waals surface area contributed by atoms with Crippen LogP contribution < -0.4 is 0 Å². The minimum absolute atomic E-state index is 0.511. The second-order valence-corrected chi connectivity index (χ2v) is 1.57. The number of aliphatic hydroxyl groups is 4. The fourth-order valence-electron chi connectivity index (χ4n) is 0.158. The molecule has 2 radical (unpaired) electrons. The van der Waals surface area contributed by atoms with Crippen LogP contribution in [0.5, 0.6) is 0 Å². The summed E-state index contributed by atoms with van der Waals surface area (Å²) in [7, 11) is 0. The number of hydrogen-bond acceptors (Lipinski definition) is 6. The lowest BCUT2D eigenvalue weighted by atomic mass is 10.1. The minimum Gasteiger partial charge on any atom is -0.356 e. The summed E-state index contributed by atoms with van der Waals surface area (Å²) in [6, 6.07) is 0. The van der Waals surface area contributed by atoms with Gasteiger partial charge in [-0.05, 0) is 0 Å². The molecule has 0 saturated carbocycles. The fraction of sp³-hybridized carbons (Fsp3) is 0.500. The molecule has 0 rings (SSSR count). The molecule has 0 heterocycles. The Hall–Kier alpha value is -0.820. The van der Waals surface area contributed by atoms with E-state index in [-0.39, 0.29) is 0 Å². The van der Waals surface area contributed by atoms with Gasteiger partial charge in [0.1, 0.15) is 6.21 Å². The molecule has 0 aromatic rings. The Balaban J connectivity index is 4.59. The molecular weight excluding hydrogens is 142 g/mol. The highest BCUT2D eigenvalue weighted by Gasteiger charge is 2.47. The molecule has 0 aliphatic rings. The Kier molecular flexibility index (Phi) is 2.23. The predicted molar refractivity (Wildman–Crippen MR) is 27.8 cm³/mol. The van der Waals surface area contributed by atoms with Crippen LogP contribution in [0.4, 0.5) is 0 Å². The number of rotatable bonds is 3. The lowest BCUT2D eigenvalue weighted by molar-refractivity contribution is -0.281. The van der Waals surface area contributed by atoms with Crippen molar-refractivity contribution in [1.29, 1.82) is 5.41 Å². The average molecular weight is 147 g/mol. The zero-order chi connectivity index (χ0) is 8.41. The molecule has 6 nitrogen and oxygen atoms in total. The number of hydrogen-bond donors (Lipinski definition) is 5. The van der Waals surface area contributed by atoms with Gasteiger partial charge in [-0.1, -0.05) is 0 Å². The molecule has 0 bridgehead atoms. The smallest absolute Gasteiger partial charge is 0.294 e. The Labute approximate surface area is 55.9 Å². The third-order valence-corrected chi connectivity index (χ3v) is 0.803. The average Bonchev–Trinajstić information content (AvgIpc) is 1.88. The summed E-state index contributed by atoms with van der Waals surface area (Å²) in [4.78, 5) is 9.56. The molecule has 0 spiro atoms. The Morgan fingerprint density at radius 1 is 1.10 bits per heavy atom. The van der Waals surface area contributed by atoms with Crippen LogP contribution in [0.1, 0.15) is 0 Å². The van der Waals surface area contributed by atoms with Gasteiger partial charge in [0, 0.05) is 0 Å². The first-order valence-corrected chi connectivity index (χ1v) is 2.10. The van der Waals surface area contributed by atoms with Gasteiger partial charge in [-0.3, -0.25) is 10.2 Å². The molecule has 0 fully saturated rings. The topological polar surface area (TPSA) is 122 Å². The molecule has 0 amide bonds. The van der Waals surface area contributed by atoms with E-state index in [0.717, 1.165) is 6.21 Å². The van der Waals surface area contributed by atoms with Crippen LogP contribution in [0.25, 0.3) is 0 Å². The van der Waals surface area contributed by atoms with E-state index in [9.17, 15) is 4.79 Å². The van der Waals surface area contributed by atoms with Gasteiger partial charge in [-0.25, -0.2) is 0 Å². The maximum absolute atomic E-state index is 9.56. The molecule has 6 heteroatoms. The van der Waals surface area contributed by atoms with Crippen molar-refractivity contribution in [3.05, 3.63) is 0 Å². The summed E-state index contributed by atoms with van der Waals surface area (Å²) < 4.78 is 0. The molecule has 0 aliphatic heterocycles. The Bertz CT molecular complexity index is 134. The summed E-state index contributed by atoms with van der Waals surface area (Å²) in [6.45, 7) is 0. The van der Waals surface area contributed by atoms with Crippen LogP contribution in [0.2, 0.25) is 0 Å². The molecule has 5 N–H and O–H groups in total. The molecule has 0 aromatic heterocycles. The van der Waals surface area contributed by atoms with Gasteiger partial charge in [0.05, 0.1) is 0 Å². The highest BCUT2D eigenvalue weighted by atomic mass is 16.6. The van der Waals surface area contributed by atoms with E-state index in [0.29, 0.717) is 6.29 Å². The molecule has 0 unspecified atom stereocenters. The minimum atomic E-state index is -3.51. The fourth-order valence-corrected chi connectivity index (χ4v) is 0.158. The van der Waals surface area contributed by atoms with Gasteiger partial charge in [-0.2, -0.15) is 0 Å². The predicted octanol–water partition coefficient (Wildman–Crippen LogP) is -3.02. The lowest BCUT2D eigenvalue weighted by Gasteiger charge is -2.24. The van der Waals surface area contributed by atoms with E-state index < -0.39 is 11.6 Å². The third-order valence-electron chi connectivity index (χ3n) is 0.803. The summed E-state index contributed by atoms with van der Waals surface area (Å²) in [5.74, 6) is -6.91. The van der Waals surface area contributed by atoms with Crippen molar-refractivity contribution in [2.45, 2.75) is 11.6 Å². The van der Waals surface area contributed by atoms with Crippen molar-refractivity contribution in [2.75, 3.05) is 0 Å². The van der Waals surface area contributed by atoms with E-state index in [2.05, 4.69) is 0 Å². The third kappa shape index (κ3) is 1.36. The first-order valence-electron chi connectivity index (χ1n) is 2.10. The first-order chi connectivity index (χ1) is 4.37. The van der Waals surface area contributed by atoms with Crippen molar-refractivity contribution in [1.82, 2.24) is 0 Å². The van der Waals surface area contributed by atoms with Crippen LogP contribution >= 0.6 is 0 Å². The largest absolute Gasteiger partial charge is 0.356 e. The van der Waals surface area contributed by atoms with Gasteiger partial charge in [0.2, 0.25) is 0 Å². The van der Waals surface area contributed by atoms with Crippen LogP contribution in [0.15, 0.2) is 0 Å². The monoisotopic (exact) mass is 147 g/mol. The summed E-state index contributed by atoms with van der Waals surface area (Å²) >= 11 is 0. The molecule has 0 aromatic carbocycles. The van der Waals surface area contributed by atoms with Crippen molar-refractivity contribution in [3.63, 3.8) is 0 Å². The molecular formula is C4H5NO5. The second kappa shape index (κ2) is 2.43. The van der Waals surface area contributed by atoms with E-state index in [4.69, 9.17) is 25.8 Å². The molecule has 0 aliphatic carbocycles. The van der Waals surface area contributed by atoms with E-state index in [1.807, 2.05) is 0 Å². The van der Waals surface area contributed by atoms with Crippen molar-refractivity contribution in [2.24, 2.45) is 0 Å². The van der Waals surface area contributed by atoms with Crippen molar-refractivity contribution in [3.8, 4) is 0 Å².